The molecular formula is C11H5Br2NS. The summed E-state index contributed by atoms with van der Waals surface area (Å²) >= 11 is 8.13. The molecule has 2 aromatic rings. The van der Waals surface area contributed by atoms with Crippen molar-refractivity contribution in [3.05, 3.63) is 49.8 Å². The molecule has 0 atom stereocenters. The minimum atomic E-state index is 0.810. The molecule has 0 N–H and O–H groups in total. The summed E-state index contributed by atoms with van der Waals surface area (Å²) in [5.74, 6) is 6.16. The fourth-order valence-electron chi connectivity index (χ4n) is 0.988. The maximum atomic E-state index is 4.14. The molecule has 1 heterocycles. The van der Waals surface area contributed by atoms with Crippen LogP contribution in [0.2, 0.25) is 0 Å². The number of hydrogen-bond donors (Lipinski definition) is 0. The van der Waals surface area contributed by atoms with Crippen LogP contribution in [0.1, 0.15) is 10.4 Å². The predicted molar refractivity (Wildman–Crippen MR) is 69.9 cm³/mol. The van der Waals surface area contributed by atoms with Gasteiger partial charge in [-0.05, 0) is 61.4 Å². The third-order valence-electron chi connectivity index (χ3n) is 1.69. The van der Waals surface area contributed by atoms with Gasteiger partial charge in [-0.25, -0.2) is 0 Å². The van der Waals surface area contributed by atoms with Gasteiger partial charge in [-0.15, -0.1) is 0 Å². The molecule has 0 bridgehead atoms. The number of benzene rings is 1. The number of hydrogen-bond acceptors (Lipinski definition) is 2. The van der Waals surface area contributed by atoms with Crippen molar-refractivity contribution in [2.45, 2.75) is 0 Å². The predicted octanol–water partition coefficient (Wildman–Crippen LogP) is 4.07. The van der Waals surface area contributed by atoms with E-state index in [-0.39, 0.29) is 0 Å². The Morgan fingerprint density at radius 2 is 1.80 bits per heavy atom. The normalized spacial score (nSPS) is 9.47. The zero-order valence-electron chi connectivity index (χ0n) is 7.50. The van der Waals surface area contributed by atoms with Gasteiger partial charge >= 0.3 is 0 Å². The first-order valence-electron chi connectivity index (χ1n) is 4.15. The van der Waals surface area contributed by atoms with Crippen LogP contribution in [0.25, 0.3) is 0 Å². The van der Waals surface area contributed by atoms with E-state index < -0.39 is 0 Å². The molecular weight excluding hydrogens is 338 g/mol. The van der Waals surface area contributed by atoms with Crippen LogP contribution in [0.5, 0.6) is 0 Å². The molecule has 0 spiro atoms. The van der Waals surface area contributed by atoms with Crippen LogP contribution < -0.4 is 0 Å². The van der Waals surface area contributed by atoms with E-state index in [2.05, 4.69) is 48.1 Å². The molecule has 0 aliphatic rings. The molecule has 0 fully saturated rings. The Labute approximate surface area is 109 Å². The van der Waals surface area contributed by atoms with Gasteiger partial charge in [0.1, 0.15) is 9.48 Å². The molecule has 1 aromatic heterocycles. The number of nitrogens with zero attached hydrogens (tertiary/aromatic N) is 1. The first-order chi connectivity index (χ1) is 7.27. The average Bonchev–Trinajstić information content (AvgIpc) is 2.59. The topological polar surface area (TPSA) is 12.9 Å². The monoisotopic (exact) mass is 341 g/mol. The quantitative estimate of drug-likeness (QED) is 0.658. The Bertz CT molecular complexity index is 523. The molecule has 0 amide bonds. The highest BCUT2D eigenvalue weighted by atomic mass is 79.9. The molecule has 4 heteroatoms. The van der Waals surface area contributed by atoms with Crippen molar-refractivity contribution in [1.29, 1.82) is 0 Å². The van der Waals surface area contributed by atoms with E-state index in [1.807, 2.05) is 30.3 Å². The van der Waals surface area contributed by atoms with E-state index in [1.54, 1.807) is 0 Å². The van der Waals surface area contributed by atoms with Gasteiger partial charge in [-0.2, -0.15) is 4.37 Å². The van der Waals surface area contributed by atoms with Crippen LogP contribution in [0.3, 0.4) is 0 Å². The molecule has 0 saturated heterocycles. The Kier molecular flexibility index (Phi) is 3.57. The van der Waals surface area contributed by atoms with Gasteiger partial charge in [0.25, 0.3) is 0 Å². The van der Waals surface area contributed by atoms with Crippen LogP contribution in [0.15, 0.2) is 39.4 Å². The third-order valence-corrected chi connectivity index (χ3v) is 4.83. The molecule has 2 rings (SSSR count). The number of rotatable bonds is 0. The van der Waals surface area contributed by atoms with E-state index in [0.717, 1.165) is 19.5 Å². The summed E-state index contributed by atoms with van der Waals surface area (Å²) in [6.45, 7) is 0. The summed E-state index contributed by atoms with van der Waals surface area (Å²) in [5, 5.41) is 0. The molecule has 74 valence electrons. The van der Waals surface area contributed by atoms with Gasteiger partial charge in [0.15, 0.2) is 0 Å². The van der Waals surface area contributed by atoms with Gasteiger partial charge in [-0.3, -0.25) is 0 Å². The summed E-state index contributed by atoms with van der Waals surface area (Å²) in [6.07, 6.45) is 0. The molecule has 1 aromatic carbocycles. The van der Waals surface area contributed by atoms with Crippen LogP contribution in [-0.2, 0) is 0 Å². The van der Waals surface area contributed by atoms with E-state index in [4.69, 9.17) is 0 Å². The first-order valence-corrected chi connectivity index (χ1v) is 6.51. The third kappa shape index (κ3) is 2.69. The summed E-state index contributed by atoms with van der Waals surface area (Å²) in [5.41, 5.74) is 1.01. The average molecular weight is 343 g/mol. The first kappa shape index (κ1) is 10.9. The lowest BCUT2D eigenvalue weighted by Crippen LogP contribution is -1.71. The van der Waals surface area contributed by atoms with Crippen LogP contribution in [0.4, 0.5) is 0 Å². The van der Waals surface area contributed by atoms with E-state index in [0.29, 0.717) is 0 Å². The summed E-state index contributed by atoms with van der Waals surface area (Å²) in [4.78, 5) is 0.936. The van der Waals surface area contributed by atoms with E-state index in [9.17, 15) is 0 Å². The van der Waals surface area contributed by atoms with Crippen LogP contribution in [-0.4, -0.2) is 4.37 Å². The number of aromatic nitrogens is 1. The SMILES string of the molecule is Brc1nsc(C#Cc2ccccc2)c1Br. The van der Waals surface area contributed by atoms with E-state index in [1.165, 1.54) is 11.5 Å². The van der Waals surface area contributed by atoms with Gasteiger partial charge in [-0.1, -0.05) is 24.1 Å². The van der Waals surface area contributed by atoms with Crippen LogP contribution in [0, 0.1) is 11.8 Å². The second-order valence-corrected chi connectivity index (χ2v) is 5.05. The van der Waals surface area contributed by atoms with Gasteiger partial charge < -0.3 is 0 Å². The van der Waals surface area contributed by atoms with Gasteiger partial charge in [0.2, 0.25) is 0 Å². The molecule has 15 heavy (non-hydrogen) atoms. The zero-order valence-corrected chi connectivity index (χ0v) is 11.5. The molecule has 0 aliphatic heterocycles. The Hall–Kier alpha value is -0.630. The maximum absolute atomic E-state index is 4.14. The molecule has 0 radical (unpaired) electrons. The smallest absolute Gasteiger partial charge is 0.135 e. The summed E-state index contributed by atoms with van der Waals surface area (Å²) in [7, 11) is 0. The molecule has 0 aliphatic carbocycles. The van der Waals surface area contributed by atoms with Crippen LogP contribution >= 0.6 is 43.4 Å². The highest BCUT2D eigenvalue weighted by Gasteiger charge is 2.05. The van der Waals surface area contributed by atoms with Crippen molar-refractivity contribution < 1.29 is 0 Å². The lowest BCUT2D eigenvalue weighted by atomic mass is 10.2. The summed E-state index contributed by atoms with van der Waals surface area (Å²) in [6, 6.07) is 9.89. The Morgan fingerprint density at radius 3 is 2.40 bits per heavy atom. The lowest BCUT2D eigenvalue weighted by Gasteiger charge is -1.86. The van der Waals surface area contributed by atoms with Gasteiger partial charge in [0, 0.05) is 5.56 Å². The second kappa shape index (κ2) is 4.93. The van der Waals surface area contributed by atoms with Crippen molar-refractivity contribution in [3.8, 4) is 11.8 Å². The standard InChI is InChI=1S/C11H5Br2NS/c12-10-9(15-14-11(10)13)7-6-8-4-2-1-3-5-8/h1-5H. The minimum absolute atomic E-state index is 0.810. The molecule has 0 saturated carbocycles. The zero-order chi connectivity index (χ0) is 10.7. The fourth-order valence-corrected chi connectivity index (χ4v) is 2.59. The summed E-state index contributed by atoms with van der Waals surface area (Å²) < 4.78 is 5.87. The maximum Gasteiger partial charge on any atom is 0.135 e. The molecule has 1 nitrogen and oxygen atoms in total. The fraction of sp³-hybridized carbons (Fsp3) is 0. The number of halogens is 2. The van der Waals surface area contributed by atoms with Crippen molar-refractivity contribution in [2.24, 2.45) is 0 Å². The second-order valence-electron chi connectivity index (χ2n) is 2.73. The minimum Gasteiger partial charge on any atom is -0.183 e. The van der Waals surface area contributed by atoms with Gasteiger partial charge in [0.05, 0.1) is 4.47 Å². The molecule has 0 unspecified atom stereocenters. The highest BCUT2D eigenvalue weighted by Crippen LogP contribution is 2.28. The largest absolute Gasteiger partial charge is 0.183 e. The van der Waals surface area contributed by atoms with Crippen molar-refractivity contribution >= 4 is 43.4 Å². The Balaban J connectivity index is 2.30. The van der Waals surface area contributed by atoms with Crippen molar-refractivity contribution in [2.75, 3.05) is 0 Å². The van der Waals surface area contributed by atoms with E-state index >= 15 is 0 Å². The lowest BCUT2D eigenvalue weighted by molar-refractivity contribution is 1.47. The van der Waals surface area contributed by atoms with Crippen molar-refractivity contribution in [1.82, 2.24) is 4.37 Å². The Morgan fingerprint density at radius 1 is 1.07 bits per heavy atom. The van der Waals surface area contributed by atoms with Crippen molar-refractivity contribution in [3.63, 3.8) is 0 Å². The highest BCUT2D eigenvalue weighted by molar-refractivity contribution is 9.13.